The minimum Gasteiger partial charge on any atom is -0.507 e. The van der Waals surface area contributed by atoms with Gasteiger partial charge in [0, 0.05) is 5.69 Å². The van der Waals surface area contributed by atoms with E-state index in [1.807, 2.05) is 24.3 Å². The third kappa shape index (κ3) is 5.04. The summed E-state index contributed by atoms with van der Waals surface area (Å²) in [7, 11) is 4.30. The van der Waals surface area contributed by atoms with Crippen molar-refractivity contribution in [2.75, 3.05) is 26.2 Å². The number of aliphatic hydroxyl groups is 1. The van der Waals surface area contributed by atoms with Crippen LogP contribution in [0.4, 0.5) is 5.69 Å². The van der Waals surface area contributed by atoms with Crippen LogP contribution in [0.1, 0.15) is 43.5 Å². The topological polar surface area (TPSA) is 85.3 Å². The van der Waals surface area contributed by atoms with Gasteiger partial charge in [0.15, 0.2) is 11.5 Å². The molecule has 0 saturated carbocycles. The summed E-state index contributed by atoms with van der Waals surface area (Å²) in [6, 6.07) is 14.8. The number of Topliss-reactive ketones (excluding diaryl/α,β-unsaturated/α-hetero) is 1. The minimum atomic E-state index is -0.947. The van der Waals surface area contributed by atoms with Crippen molar-refractivity contribution in [2.24, 2.45) is 0 Å². The van der Waals surface area contributed by atoms with Crippen LogP contribution in [-0.4, -0.2) is 38.1 Å². The highest BCUT2D eigenvalue weighted by atomic mass is 35.5. The molecule has 7 nitrogen and oxygen atoms in total. The summed E-state index contributed by atoms with van der Waals surface area (Å²) in [6.45, 7) is 6.28. The Bertz CT molecular complexity index is 1460. The van der Waals surface area contributed by atoms with Crippen molar-refractivity contribution in [3.05, 3.63) is 86.9 Å². The maximum absolute atomic E-state index is 13.6. The molecule has 3 aromatic rings. The van der Waals surface area contributed by atoms with Crippen molar-refractivity contribution in [1.29, 1.82) is 0 Å². The first kappa shape index (κ1) is 28.3. The van der Waals surface area contributed by atoms with Crippen LogP contribution in [0, 0.1) is 0 Å². The number of rotatable bonds is 6. The average Bonchev–Trinajstić information content (AvgIpc) is 3.18. The number of amides is 1. The fourth-order valence-electron chi connectivity index (χ4n) is 4.61. The van der Waals surface area contributed by atoms with E-state index in [9.17, 15) is 14.7 Å². The van der Waals surface area contributed by atoms with Crippen molar-refractivity contribution < 1.29 is 28.9 Å². The Morgan fingerprint density at radius 1 is 0.872 bits per heavy atom. The monoisotopic (exact) mass is 569 g/mol. The molecule has 0 bridgehead atoms. The Balaban J connectivity index is 1.99. The van der Waals surface area contributed by atoms with Gasteiger partial charge in [-0.25, -0.2) is 0 Å². The lowest BCUT2D eigenvalue weighted by Gasteiger charge is -2.27. The molecule has 0 aliphatic carbocycles. The van der Waals surface area contributed by atoms with E-state index in [4.69, 9.17) is 37.4 Å². The van der Waals surface area contributed by atoms with Crippen LogP contribution >= 0.6 is 23.2 Å². The molecule has 1 atom stereocenters. The first-order valence-corrected chi connectivity index (χ1v) is 12.9. The van der Waals surface area contributed by atoms with Crippen molar-refractivity contribution in [3.63, 3.8) is 0 Å². The number of benzene rings is 3. The number of nitrogens with zero attached hydrogens (tertiary/aromatic N) is 1. The van der Waals surface area contributed by atoms with Gasteiger partial charge in [-0.3, -0.25) is 14.5 Å². The maximum Gasteiger partial charge on any atom is 0.300 e. The fraction of sp³-hybridized carbons (Fsp3) is 0.267. The van der Waals surface area contributed by atoms with Crippen LogP contribution in [0.3, 0.4) is 0 Å². The quantitative estimate of drug-likeness (QED) is 0.196. The van der Waals surface area contributed by atoms with Crippen molar-refractivity contribution in [2.45, 2.75) is 32.2 Å². The van der Waals surface area contributed by atoms with Gasteiger partial charge in [0.2, 0.25) is 0 Å². The van der Waals surface area contributed by atoms with Crippen molar-refractivity contribution >= 4 is 46.3 Å². The molecule has 1 amide bonds. The average molecular weight is 570 g/mol. The van der Waals surface area contributed by atoms with Gasteiger partial charge in [-0.2, -0.15) is 0 Å². The Morgan fingerprint density at radius 3 is 1.97 bits per heavy atom. The summed E-state index contributed by atoms with van der Waals surface area (Å²) in [6.07, 6.45) is 0. The van der Waals surface area contributed by atoms with Crippen LogP contribution in [0.25, 0.3) is 5.76 Å². The van der Waals surface area contributed by atoms with Crippen LogP contribution in [0.15, 0.2) is 60.2 Å². The predicted octanol–water partition coefficient (Wildman–Crippen LogP) is 6.94. The Kier molecular flexibility index (Phi) is 7.87. The number of halogens is 2. The van der Waals surface area contributed by atoms with Gasteiger partial charge in [-0.15, -0.1) is 0 Å². The highest BCUT2D eigenvalue weighted by Crippen LogP contribution is 2.48. The van der Waals surface area contributed by atoms with E-state index in [1.54, 1.807) is 24.3 Å². The predicted molar refractivity (Wildman–Crippen MR) is 152 cm³/mol. The smallest absolute Gasteiger partial charge is 0.300 e. The zero-order chi connectivity index (χ0) is 28.6. The second kappa shape index (κ2) is 10.8. The normalized spacial score (nSPS) is 16.9. The molecule has 0 aromatic heterocycles. The second-order valence-electron chi connectivity index (χ2n) is 10.0. The summed E-state index contributed by atoms with van der Waals surface area (Å²) in [4.78, 5) is 28.4. The number of carbonyl (C=O) groups is 2. The molecule has 1 heterocycles. The summed E-state index contributed by atoms with van der Waals surface area (Å²) < 4.78 is 16.0. The summed E-state index contributed by atoms with van der Waals surface area (Å²) in [5.41, 5.74) is 1.97. The molecule has 1 saturated heterocycles. The fourth-order valence-corrected chi connectivity index (χ4v) is 5.30. The molecule has 1 aliphatic heterocycles. The van der Waals surface area contributed by atoms with Gasteiger partial charge in [0.05, 0.1) is 43.5 Å². The van der Waals surface area contributed by atoms with Crippen LogP contribution in [0.5, 0.6) is 17.2 Å². The lowest BCUT2D eigenvalue weighted by molar-refractivity contribution is -0.132. The number of hydrogen-bond donors (Lipinski definition) is 1. The third-order valence-electron chi connectivity index (χ3n) is 6.68. The number of hydrogen-bond acceptors (Lipinski definition) is 6. The van der Waals surface area contributed by atoms with Gasteiger partial charge in [0.1, 0.15) is 16.5 Å². The third-order valence-corrected chi connectivity index (χ3v) is 7.31. The molecule has 0 spiro atoms. The number of anilines is 1. The van der Waals surface area contributed by atoms with E-state index in [1.165, 1.54) is 32.3 Å². The molecule has 4 rings (SSSR count). The van der Waals surface area contributed by atoms with Crippen molar-refractivity contribution in [3.8, 4) is 17.2 Å². The Morgan fingerprint density at radius 2 is 1.46 bits per heavy atom. The van der Waals surface area contributed by atoms with E-state index < -0.39 is 23.5 Å². The SMILES string of the molecule is COc1ccc(N2C(=O)C(=O)/C(=C(/O)c3cc(Cl)c(OC)c(Cl)c3OC)C2c2ccc(C(C)(C)C)cc2)cc1. The van der Waals surface area contributed by atoms with Gasteiger partial charge in [-0.05, 0) is 46.9 Å². The lowest BCUT2D eigenvalue weighted by Crippen LogP contribution is -2.29. The molecule has 1 aliphatic rings. The zero-order valence-corrected chi connectivity index (χ0v) is 24.0. The molecule has 0 radical (unpaired) electrons. The van der Waals surface area contributed by atoms with Gasteiger partial charge < -0.3 is 19.3 Å². The number of aliphatic hydroxyl groups excluding tert-OH is 1. The molecule has 204 valence electrons. The van der Waals surface area contributed by atoms with Crippen LogP contribution < -0.4 is 19.1 Å². The number of carbonyl (C=O) groups excluding carboxylic acids is 2. The number of methoxy groups -OCH3 is 3. The van der Waals surface area contributed by atoms with Gasteiger partial charge in [0.25, 0.3) is 11.7 Å². The van der Waals surface area contributed by atoms with Crippen LogP contribution in [-0.2, 0) is 15.0 Å². The zero-order valence-electron chi connectivity index (χ0n) is 22.5. The highest BCUT2D eigenvalue weighted by molar-refractivity contribution is 6.52. The highest BCUT2D eigenvalue weighted by Gasteiger charge is 2.47. The Labute approximate surface area is 237 Å². The molecule has 1 unspecified atom stereocenters. The number of ether oxygens (including phenoxy) is 3. The van der Waals surface area contributed by atoms with Gasteiger partial charge in [-0.1, -0.05) is 68.2 Å². The minimum absolute atomic E-state index is 0.0181. The molecule has 9 heteroatoms. The van der Waals surface area contributed by atoms with Crippen LogP contribution in [0.2, 0.25) is 10.0 Å². The van der Waals surface area contributed by atoms with E-state index in [0.29, 0.717) is 17.0 Å². The summed E-state index contributed by atoms with van der Waals surface area (Å²) in [5.74, 6) is -1.34. The second-order valence-corrected chi connectivity index (χ2v) is 10.8. The molecule has 1 N–H and O–H groups in total. The number of ketones is 1. The van der Waals surface area contributed by atoms with Crippen molar-refractivity contribution in [1.82, 2.24) is 0 Å². The van der Waals surface area contributed by atoms with E-state index in [2.05, 4.69) is 20.8 Å². The molecule has 39 heavy (non-hydrogen) atoms. The van der Waals surface area contributed by atoms with E-state index in [0.717, 1.165) is 5.56 Å². The maximum atomic E-state index is 13.6. The van der Waals surface area contributed by atoms with E-state index >= 15 is 0 Å². The summed E-state index contributed by atoms with van der Waals surface area (Å²) >= 11 is 12.8. The molecular weight excluding hydrogens is 541 g/mol. The molecule has 1 fully saturated rings. The first-order chi connectivity index (χ1) is 18.4. The van der Waals surface area contributed by atoms with E-state index in [-0.39, 0.29) is 38.1 Å². The largest absolute Gasteiger partial charge is 0.507 e. The first-order valence-electron chi connectivity index (χ1n) is 12.1. The summed E-state index contributed by atoms with van der Waals surface area (Å²) in [5, 5.41) is 11.7. The Hall–Kier alpha value is -3.68. The molecular formula is C30H29Cl2NO6. The standard InChI is InChI=1S/C30H29Cl2NO6/c1-30(2,3)17-9-7-16(8-10-17)24-22(25(34)20-15-21(31)28(39-6)23(32)27(20)38-5)26(35)29(36)33(24)18-11-13-19(37-4)14-12-18/h7-15,24,34H,1-6H3/b25-22+. The lowest BCUT2D eigenvalue weighted by atomic mass is 9.85. The van der Waals surface area contributed by atoms with Gasteiger partial charge >= 0.3 is 0 Å². The molecule has 3 aromatic carbocycles.